The highest BCUT2D eigenvalue weighted by Gasteiger charge is 2.68. The van der Waals surface area contributed by atoms with Crippen molar-refractivity contribution in [3.63, 3.8) is 0 Å². The van der Waals surface area contributed by atoms with E-state index in [1.54, 1.807) is 32.9 Å². The molecule has 0 aromatic carbocycles. The molecule has 0 heterocycles. The zero-order valence-electron chi connectivity index (χ0n) is 23.2. The minimum atomic E-state index is -1.75. The number of carbonyl (C=O) groups is 4. The van der Waals surface area contributed by atoms with Crippen molar-refractivity contribution in [2.75, 3.05) is 13.2 Å². The number of hydrogen-bond donors (Lipinski definition) is 3. The molecule has 9 heteroatoms. The van der Waals surface area contributed by atoms with Gasteiger partial charge in [-0.15, -0.1) is 0 Å². The van der Waals surface area contributed by atoms with Gasteiger partial charge in [0.1, 0.15) is 17.7 Å². The van der Waals surface area contributed by atoms with E-state index in [0.29, 0.717) is 6.42 Å². The predicted octanol–water partition coefficient (Wildman–Crippen LogP) is 2.88. The normalized spacial score (nSPS) is 39.8. The number of amides is 1. The predicted molar refractivity (Wildman–Crippen MR) is 138 cm³/mol. The second-order valence-electron chi connectivity index (χ2n) is 13.1. The van der Waals surface area contributed by atoms with Crippen LogP contribution < -0.4 is 5.32 Å². The Morgan fingerprint density at radius 2 is 1.89 bits per heavy atom. The maximum Gasteiger partial charge on any atom is 0.408 e. The number of Topliss-reactive ketones (excluding diaryl/α,β-unsaturated/α-hetero) is 1. The van der Waals surface area contributed by atoms with Crippen LogP contribution >= 0.6 is 0 Å². The molecule has 0 aliphatic heterocycles. The third-order valence-corrected chi connectivity index (χ3v) is 9.57. The molecule has 210 valence electrons. The van der Waals surface area contributed by atoms with Gasteiger partial charge in [0.05, 0.1) is 6.10 Å². The molecule has 0 bridgehead atoms. The van der Waals surface area contributed by atoms with E-state index in [9.17, 15) is 29.4 Å². The number of allylic oxidation sites excluding steroid dienone is 4. The van der Waals surface area contributed by atoms with Crippen LogP contribution in [-0.4, -0.2) is 64.3 Å². The van der Waals surface area contributed by atoms with E-state index in [2.05, 4.69) is 19.2 Å². The van der Waals surface area contributed by atoms with Crippen LogP contribution in [0, 0.1) is 34.5 Å². The van der Waals surface area contributed by atoms with E-state index >= 15 is 0 Å². The summed E-state index contributed by atoms with van der Waals surface area (Å²) in [5.74, 6) is -1.40. The van der Waals surface area contributed by atoms with Crippen molar-refractivity contribution in [3.05, 3.63) is 23.8 Å². The molecule has 3 N–H and O–H groups in total. The lowest BCUT2D eigenvalue weighted by atomic mass is 9.45. The molecule has 0 aromatic heterocycles. The summed E-state index contributed by atoms with van der Waals surface area (Å²) < 4.78 is 10.2. The SMILES string of the molecule is CC1CC2C(C(O)CC3(C)C2CCC3(O)C(=O)COC(=O)CNC(=O)OC(C)(C)C)C2(C)C=CC(=O)C=C12. The molecular formula is C29H41NO8. The van der Waals surface area contributed by atoms with E-state index in [-0.39, 0.29) is 42.3 Å². The van der Waals surface area contributed by atoms with Crippen molar-refractivity contribution in [2.24, 2.45) is 34.5 Å². The minimum absolute atomic E-state index is 0.0127. The van der Waals surface area contributed by atoms with Gasteiger partial charge in [0, 0.05) is 16.7 Å². The van der Waals surface area contributed by atoms with Crippen LogP contribution in [-0.2, 0) is 23.9 Å². The number of hydrogen-bond acceptors (Lipinski definition) is 8. The number of alkyl carbamates (subject to hydrolysis) is 1. The molecule has 1 amide bonds. The molecule has 9 nitrogen and oxygen atoms in total. The van der Waals surface area contributed by atoms with Crippen LogP contribution in [0.3, 0.4) is 0 Å². The summed E-state index contributed by atoms with van der Waals surface area (Å²) in [5, 5.41) is 25.6. The topological polar surface area (TPSA) is 139 Å². The number of nitrogens with one attached hydrogen (secondary N) is 1. The first-order chi connectivity index (χ1) is 17.5. The average Bonchev–Trinajstić information content (AvgIpc) is 3.07. The molecule has 0 spiro atoms. The summed E-state index contributed by atoms with van der Waals surface area (Å²) in [6, 6.07) is 0. The summed E-state index contributed by atoms with van der Waals surface area (Å²) in [6.45, 7) is 10.0. The quantitative estimate of drug-likeness (QED) is 0.460. The smallest absolute Gasteiger partial charge is 0.408 e. The highest BCUT2D eigenvalue weighted by Crippen LogP contribution is 2.67. The largest absolute Gasteiger partial charge is 0.456 e. The monoisotopic (exact) mass is 531 g/mol. The Labute approximate surface area is 224 Å². The van der Waals surface area contributed by atoms with Gasteiger partial charge in [0.25, 0.3) is 0 Å². The molecule has 0 aromatic rings. The standard InChI is InChI=1S/C29H41NO8/c1-16-11-18-19-8-10-29(36,22(33)15-37-23(34)14-30-25(35)38-26(2,3)4)28(19,6)13-21(32)24(18)27(5)9-7-17(31)12-20(16)27/h7,9,12,16,18-19,21,24,32,36H,8,10-11,13-15H2,1-6H3,(H,30,35). The highest BCUT2D eigenvalue weighted by molar-refractivity contribution is 6.01. The van der Waals surface area contributed by atoms with Gasteiger partial charge in [-0.2, -0.15) is 0 Å². The molecule has 0 saturated heterocycles. The van der Waals surface area contributed by atoms with Gasteiger partial charge in [-0.25, -0.2) is 4.79 Å². The zero-order valence-corrected chi connectivity index (χ0v) is 23.2. The summed E-state index contributed by atoms with van der Waals surface area (Å²) in [4.78, 5) is 49.4. The molecule has 3 saturated carbocycles. The minimum Gasteiger partial charge on any atom is -0.456 e. The third-order valence-electron chi connectivity index (χ3n) is 9.57. The van der Waals surface area contributed by atoms with Gasteiger partial charge in [-0.3, -0.25) is 14.4 Å². The van der Waals surface area contributed by atoms with Crippen molar-refractivity contribution < 1.29 is 38.9 Å². The van der Waals surface area contributed by atoms with E-state index in [1.165, 1.54) is 0 Å². The number of fused-ring (bicyclic) bond motifs is 5. The molecule has 4 aliphatic carbocycles. The lowest BCUT2D eigenvalue weighted by Gasteiger charge is -2.60. The molecule has 4 rings (SSSR count). The number of esters is 1. The van der Waals surface area contributed by atoms with E-state index in [1.807, 2.05) is 13.0 Å². The Morgan fingerprint density at radius 1 is 1.21 bits per heavy atom. The van der Waals surface area contributed by atoms with Crippen LogP contribution in [0.1, 0.15) is 67.2 Å². The first-order valence-electron chi connectivity index (χ1n) is 13.5. The molecule has 8 unspecified atom stereocenters. The fourth-order valence-corrected chi connectivity index (χ4v) is 7.99. The van der Waals surface area contributed by atoms with Crippen molar-refractivity contribution >= 4 is 23.6 Å². The second kappa shape index (κ2) is 9.59. The average molecular weight is 532 g/mol. The van der Waals surface area contributed by atoms with E-state index in [4.69, 9.17) is 9.47 Å². The Balaban J connectivity index is 1.46. The Bertz CT molecular complexity index is 1090. The fraction of sp³-hybridized carbons (Fsp3) is 0.724. The number of ketones is 2. The summed E-state index contributed by atoms with van der Waals surface area (Å²) in [7, 11) is 0. The molecule has 38 heavy (non-hydrogen) atoms. The van der Waals surface area contributed by atoms with E-state index < -0.39 is 59.1 Å². The maximum absolute atomic E-state index is 13.3. The van der Waals surface area contributed by atoms with Gasteiger partial charge in [0.2, 0.25) is 5.78 Å². The Morgan fingerprint density at radius 3 is 2.55 bits per heavy atom. The van der Waals surface area contributed by atoms with Gasteiger partial charge < -0.3 is 25.0 Å². The highest BCUT2D eigenvalue weighted by atomic mass is 16.6. The number of carbonyl (C=O) groups excluding carboxylic acids is 4. The van der Waals surface area contributed by atoms with Crippen molar-refractivity contribution in [1.82, 2.24) is 5.32 Å². The number of aliphatic hydroxyl groups is 2. The summed E-state index contributed by atoms with van der Waals surface area (Å²) in [6.07, 6.45) is 5.50. The van der Waals surface area contributed by atoms with Gasteiger partial charge in [-0.05, 0) is 76.4 Å². The molecule has 0 radical (unpaired) electrons. The number of aliphatic hydroxyl groups excluding tert-OH is 1. The number of rotatable bonds is 5. The third kappa shape index (κ3) is 4.72. The van der Waals surface area contributed by atoms with Crippen molar-refractivity contribution in [2.45, 2.75) is 84.5 Å². The lowest BCUT2D eigenvalue weighted by molar-refractivity contribution is -0.182. The summed E-state index contributed by atoms with van der Waals surface area (Å²) in [5.41, 5.74) is -2.77. The first kappa shape index (κ1) is 28.5. The number of ether oxygens (including phenoxy) is 2. The van der Waals surface area contributed by atoms with Crippen molar-refractivity contribution in [3.8, 4) is 0 Å². The van der Waals surface area contributed by atoms with Crippen LogP contribution in [0.15, 0.2) is 23.8 Å². The van der Waals surface area contributed by atoms with Crippen LogP contribution in [0.4, 0.5) is 4.79 Å². The zero-order chi connectivity index (χ0) is 28.3. The Kier molecular flexibility index (Phi) is 7.19. The Hall–Kier alpha value is -2.52. The van der Waals surface area contributed by atoms with Crippen LogP contribution in [0.25, 0.3) is 0 Å². The van der Waals surface area contributed by atoms with Crippen molar-refractivity contribution in [1.29, 1.82) is 0 Å². The van der Waals surface area contributed by atoms with E-state index in [0.717, 1.165) is 12.0 Å². The molecule has 4 aliphatic rings. The van der Waals surface area contributed by atoms with Gasteiger partial charge >= 0.3 is 12.1 Å². The molecule has 3 fully saturated rings. The first-order valence-corrected chi connectivity index (χ1v) is 13.5. The lowest BCUT2D eigenvalue weighted by Crippen LogP contribution is -2.62. The van der Waals surface area contributed by atoms with Gasteiger partial charge in [-0.1, -0.05) is 32.4 Å². The maximum atomic E-state index is 13.3. The second-order valence-corrected chi connectivity index (χ2v) is 13.1. The fourth-order valence-electron chi connectivity index (χ4n) is 7.99. The summed E-state index contributed by atoms with van der Waals surface area (Å²) >= 11 is 0. The van der Waals surface area contributed by atoms with Gasteiger partial charge in [0.15, 0.2) is 12.4 Å². The van der Waals surface area contributed by atoms with Crippen LogP contribution in [0.2, 0.25) is 0 Å². The molecular weight excluding hydrogens is 490 g/mol. The van der Waals surface area contributed by atoms with Crippen LogP contribution in [0.5, 0.6) is 0 Å². The molecule has 8 atom stereocenters.